The lowest BCUT2D eigenvalue weighted by Crippen LogP contribution is -2.41. The molecule has 0 unspecified atom stereocenters. The van der Waals surface area contributed by atoms with Crippen LogP contribution in [0, 0.1) is 6.92 Å². The van der Waals surface area contributed by atoms with Gasteiger partial charge in [-0.25, -0.2) is 0 Å². The van der Waals surface area contributed by atoms with Crippen molar-refractivity contribution < 1.29 is 33.3 Å². The van der Waals surface area contributed by atoms with Crippen molar-refractivity contribution in [3.63, 3.8) is 0 Å². The van der Waals surface area contributed by atoms with Crippen LogP contribution in [0.1, 0.15) is 29.4 Å². The number of methoxy groups -OCH3 is 1. The minimum atomic E-state index is -0.792. The van der Waals surface area contributed by atoms with Crippen molar-refractivity contribution in [1.29, 1.82) is 0 Å². The van der Waals surface area contributed by atoms with Gasteiger partial charge in [0, 0.05) is 25.6 Å². The molecule has 0 aliphatic carbocycles. The molecule has 1 saturated heterocycles. The van der Waals surface area contributed by atoms with E-state index in [1.807, 2.05) is 0 Å². The van der Waals surface area contributed by atoms with Gasteiger partial charge < -0.3 is 34.4 Å². The zero-order valence-corrected chi connectivity index (χ0v) is 18.0. The standard InChI is InChI=1S/C22H26N2O8/c1-13-9-16(25)21(28)22(32-13)15(11-20(27)24-5-7-30-8-6-24)14-3-4-17(29-2)18(10-14)31-12-19(23)26/h3-4,9-10,15,28H,5-8,11-12H2,1-2H3,(H2,23,26)/t15-/m0/s1. The van der Waals surface area contributed by atoms with Gasteiger partial charge in [-0.3, -0.25) is 14.4 Å². The Morgan fingerprint density at radius 2 is 1.94 bits per heavy atom. The van der Waals surface area contributed by atoms with Gasteiger partial charge in [-0.2, -0.15) is 0 Å². The number of amides is 2. The summed E-state index contributed by atoms with van der Waals surface area (Å²) in [7, 11) is 1.44. The summed E-state index contributed by atoms with van der Waals surface area (Å²) >= 11 is 0. The zero-order valence-electron chi connectivity index (χ0n) is 18.0. The van der Waals surface area contributed by atoms with E-state index in [2.05, 4.69) is 0 Å². The fraction of sp³-hybridized carbons (Fsp3) is 0.409. The molecule has 0 saturated carbocycles. The second-order valence-electron chi connectivity index (χ2n) is 7.35. The first-order chi connectivity index (χ1) is 15.3. The van der Waals surface area contributed by atoms with Crippen LogP contribution in [0.3, 0.4) is 0 Å². The first kappa shape index (κ1) is 23.1. The summed E-state index contributed by atoms with van der Waals surface area (Å²) < 4.78 is 21.7. The van der Waals surface area contributed by atoms with Gasteiger partial charge >= 0.3 is 0 Å². The van der Waals surface area contributed by atoms with Gasteiger partial charge in [-0.15, -0.1) is 0 Å². The lowest BCUT2D eigenvalue weighted by molar-refractivity contribution is -0.135. The van der Waals surface area contributed by atoms with Gasteiger partial charge in [0.25, 0.3) is 5.91 Å². The number of aromatic hydroxyl groups is 1. The van der Waals surface area contributed by atoms with Gasteiger partial charge in [-0.1, -0.05) is 6.07 Å². The Balaban J connectivity index is 2.04. The fourth-order valence-electron chi connectivity index (χ4n) is 3.51. The molecule has 2 amide bonds. The van der Waals surface area contributed by atoms with Crippen LogP contribution in [0.15, 0.2) is 33.5 Å². The summed E-state index contributed by atoms with van der Waals surface area (Å²) in [5, 5.41) is 10.5. The molecule has 2 aromatic rings. The van der Waals surface area contributed by atoms with Crippen molar-refractivity contribution in [3.8, 4) is 17.2 Å². The Morgan fingerprint density at radius 3 is 2.59 bits per heavy atom. The third kappa shape index (κ3) is 5.38. The average Bonchev–Trinajstić information content (AvgIpc) is 2.78. The predicted molar refractivity (Wildman–Crippen MR) is 113 cm³/mol. The van der Waals surface area contributed by atoms with Crippen LogP contribution in [0.2, 0.25) is 0 Å². The monoisotopic (exact) mass is 446 g/mol. The number of hydrogen-bond acceptors (Lipinski definition) is 8. The number of hydrogen-bond donors (Lipinski definition) is 2. The molecule has 0 spiro atoms. The van der Waals surface area contributed by atoms with E-state index in [-0.39, 0.29) is 30.4 Å². The molecule has 32 heavy (non-hydrogen) atoms. The van der Waals surface area contributed by atoms with E-state index >= 15 is 0 Å². The quantitative estimate of drug-likeness (QED) is 0.609. The summed E-state index contributed by atoms with van der Waals surface area (Å²) in [6.45, 7) is 2.99. The minimum absolute atomic E-state index is 0.0253. The van der Waals surface area contributed by atoms with Gasteiger partial charge in [0.05, 0.1) is 26.2 Å². The van der Waals surface area contributed by atoms with Crippen molar-refractivity contribution in [3.05, 3.63) is 51.6 Å². The smallest absolute Gasteiger partial charge is 0.255 e. The molecule has 1 fully saturated rings. The lowest BCUT2D eigenvalue weighted by Gasteiger charge is -2.28. The van der Waals surface area contributed by atoms with E-state index in [1.54, 1.807) is 30.0 Å². The first-order valence-corrected chi connectivity index (χ1v) is 10.1. The van der Waals surface area contributed by atoms with Crippen LogP contribution in [-0.4, -0.2) is 61.8 Å². The highest BCUT2D eigenvalue weighted by Crippen LogP contribution is 2.38. The maximum absolute atomic E-state index is 13.0. The van der Waals surface area contributed by atoms with E-state index < -0.39 is 23.0 Å². The maximum Gasteiger partial charge on any atom is 0.255 e. The summed E-state index contributed by atoms with van der Waals surface area (Å²) in [6.07, 6.45) is -0.0679. The second-order valence-corrected chi connectivity index (χ2v) is 7.35. The number of morpholine rings is 1. The molecule has 1 atom stereocenters. The van der Waals surface area contributed by atoms with Crippen molar-refractivity contribution in [2.45, 2.75) is 19.3 Å². The molecule has 10 heteroatoms. The van der Waals surface area contributed by atoms with Crippen LogP contribution < -0.4 is 20.6 Å². The number of nitrogens with two attached hydrogens (primary N) is 1. The highest BCUT2D eigenvalue weighted by molar-refractivity contribution is 5.78. The number of nitrogens with zero attached hydrogens (tertiary/aromatic N) is 1. The normalized spacial score (nSPS) is 14.6. The number of aryl methyl sites for hydroxylation is 1. The Bertz CT molecular complexity index is 1040. The van der Waals surface area contributed by atoms with E-state index in [0.717, 1.165) is 0 Å². The van der Waals surface area contributed by atoms with Crippen molar-refractivity contribution >= 4 is 11.8 Å². The Labute approximate surface area is 184 Å². The third-order valence-corrected chi connectivity index (χ3v) is 5.09. The molecule has 1 aliphatic heterocycles. The van der Waals surface area contributed by atoms with Crippen LogP contribution >= 0.6 is 0 Å². The molecule has 3 rings (SSSR count). The molecule has 10 nitrogen and oxygen atoms in total. The summed E-state index contributed by atoms with van der Waals surface area (Å²) in [5.74, 6) is -1.36. The van der Waals surface area contributed by atoms with E-state index in [1.165, 1.54) is 13.2 Å². The fourth-order valence-corrected chi connectivity index (χ4v) is 3.51. The molecule has 0 bridgehead atoms. The van der Waals surface area contributed by atoms with Crippen LogP contribution in [-0.2, 0) is 14.3 Å². The summed E-state index contributed by atoms with van der Waals surface area (Å²) in [5.41, 5.74) is 5.09. The topological polar surface area (TPSA) is 142 Å². The van der Waals surface area contributed by atoms with Crippen LogP contribution in [0.5, 0.6) is 17.2 Å². The molecule has 1 aliphatic rings. The minimum Gasteiger partial charge on any atom is -0.502 e. The van der Waals surface area contributed by atoms with E-state index in [0.29, 0.717) is 43.4 Å². The predicted octanol–water partition coefficient (Wildman–Crippen LogP) is 0.907. The number of carbonyl (C=O) groups is 2. The maximum atomic E-state index is 13.0. The highest BCUT2D eigenvalue weighted by Gasteiger charge is 2.29. The second kappa shape index (κ2) is 10.2. The van der Waals surface area contributed by atoms with Crippen LogP contribution in [0.25, 0.3) is 0 Å². The molecule has 0 radical (unpaired) electrons. The first-order valence-electron chi connectivity index (χ1n) is 10.1. The molecule has 1 aromatic carbocycles. The summed E-state index contributed by atoms with van der Waals surface area (Å²) in [6, 6.07) is 6.02. The number of benzene rings is 1. The highest BCUT2D eigenvalue weighted by atomic mass is 16.5. The largest absolute Gasteiger partial charge is 0.502 e. The Morgan fingerprint density at radius 1 is 1.22 bits per heavy atom. The third-order valence-electron chi connectivity index (χ3n) is 5.09. The summed E-state index contributed by atoms with van der Waals surface area (Å²) in [4.78, 5) is 38.1. The van der Waals surface area contributed by atoms with Crippen molar-refractivity contribution in [1.82, 2.24) is 4.90 Å². The Hall–Kier alpha value is -3.53. The van der Waals surface area contributed by atoms with Gasteiger partial charge in [0.1, 0.15) is 5.76 Å². The van der Waals surface area contributed by atoms with E-state index in [4.69, 9.17) is 24.4 Å². The molecule has 1 aromatic heterocycles. The van der Waals surface area contributed by atoms with Crippen LogP contribution in [0.4, 0.5) is 0 Å². The zero-order chi connectivity index (χ0) is 23.3. The Kier molecular flexibility index (Phi) is 7.37. The molecular formula is C22H26N2O8. The molecule has 2 heterocycles. The van der Waals surface area contributed by atoms with Crippen molar-refractivity contribution in [2.24, 2.45) is 5.73 Å². The van der Waals surface area contributed by atoms with Gasteiger partial charge in [0.15, 0.2) is 23.9 Å². The van der Waals surface area contributed by atoms with Crippen molar-refractivity contribution in [2.75, 3.05) is 40.0 Å². The number of primary amides is 1. The van der Waals surface area contributed by atoms with Gasteiger partial charge in [0.2, 0.25) is 17.1 Å². The average molecular weight is 446 g/mol. The molecule has 3 N–H and O–H groups in total. The number of carbonyl (C=O) groups excluding carboxylic acids is 2. The SMILES string of the molecule is COc1ccc([C@H](CC(=O)N2CCOCC2)c2oc(C)cc(=O)c2O)cc1OCC(N)=O. The van der Waals surface area contributed by atoms with E-state index in [9.17, 15) is 19.5 Å². The molecular weight excluding hydrogens is 420 g/mol. The lowest BCUT2D eigenvalue weighted by atomic mass is 9.91. The molecule has 172 valence electrons. The van der Waals surface area contributed by atoms with Gasteiger partial charge in [-0.05, 0) is 24.6 Å². The number of ether oxygens (including phenoxy) is 3. The number of rotatable bonds is 8.